The van der Waals surface area contributed by atoms with Crippen molar-refractivity contribution in [1.29, 1.82) is 0 Å². The summed E-state index contributed by atoms with van der Waals surface area (Å²) in [6.07, 6.45) is 2.43. The molecule has 0 unspecified atom stereocenters. The van der Waals surface area contributed by atoms with Crippen LogP contribution in [0.25, 0.3) is 0 Å². The van der Waals surface area contributed by atoms with Crippen molar-refractivity contribution in [3.63, 3.8) is 0 Å². The molecule has 1 heterocycles. The smallest absolute Gasteiger partial charge is 0.269 e. The number of anilines is 2. The molecule has 0 spiro atoms. The Hall–Kier alpha value is -2.40. The Kier molecular flexibility index (Phi) is 6.95. The highest BCUT2D eigenvalue weighted by Gasteiger charge is 2.11. The van der Waals surface area contributed by atoms with Crippen LogP contribution in [0.3, 0.4) is 0 Å². The van der Waals surface area contributed by atoms with Gasteiger partial charge in [-0.05, 0) is 42.5 Å². The molecule has 0 saturated carbocycles. The topological polar surface area (TPSA) is 63.2 Å². The van der Waals surface area contributed by atoms with E-state index in [1.807, 2.05) is 6.07 Å². The number of methoxy groups -OCH3 is 1. The number of benzene rings is 1. The van der Waals surface area contributed by atoms with Crippen LogP contribution in [0.5, 0.6) is 0 Å². The first-order valence-electron chi connectivity index (χ1n) is 8.62. The van der Waals surface area contributed by atoms with Crippen LogP contribution >= 0.6 is 0 Å². The normalized spacial score (nSPS) is 10.8. The third-order valence-corrected chi connectivity index (χ3v) is 4.00. The van der Waals surface area contributed by atoms with Crippen molar-refractivity contribution in [2.45, 2.75) is 33.1 Å². The first-order valence-corrected chi connectivity index (χ1v) is 8.62. The zero-order valence-electron chi connectivity index (χ0n) is 15.4. The molecule has 0 saturated heterocycles. The predicted octanol–water partition coefficient (Wildman–Crippen LogP) is 4.02. The molecule has 2 N–H and O–H groups in total. The highest BCUT2D eigenvalue weighted by molar-refractivity contribution is 5.93. The molecule has 5 heteroatoms. The zero-order valence-corrected chi connectivity index (χ0v) is 15.4. The maximum Gasteiger partial charge on any atom is 0.269 e. The molecule has 2 rings (SSSR count). The van der Waals surface area contributed by atoms with Crippen LogP contribution in [0.2, 0.25) is 0 Å². The van der Waals surface area contributed by atoms with E-state index < -0.39 is 0 Å². The van der Waals surface area contributed by atoms with Crippen molar-refractivity contribution in [2.24, 2.45) is 0 Å². The molecule has 5 nitrogen and oxygen atoms in total. The Morgan fingerprint density at radius 1 is 1.28 bits per heavy atom. The van der Waals surface area contributed by atoms with Crippen molar-refractivity contribution in [3.8, 4) is 0 Å². The van der Waals surface area contributed by atoms with Gasteiger partial charge in [0.15, 0.2) is 0 Å². The summed E-state index contributed by atoms with van der Waals surface area (Å²) < 4.78 is 4.98. The minimum atomic E-state index is -0.173. The molecule has 0 fully saturated rings. The molecule has 1 aromatic carbocycles. The molecule has 1 amide bonds. The van der Waals surface area contributed by atoms with Gasteiger partial charge in [-0.25, -0.2) is 0 Å². The maximum atomic E-state index is 12.2. The Morgan fingerprint density at radius 3 is 2.80 bits per heavy atom. The van der Waals surface area contributed by atoms with E-state index in [2.05, 4.69) is 54.6 Å². The van der Waals surface area contributed by atoms with Gasteiger partial charge in [-0.1, -0.05) is 32.0 Å². The number of pyridine rings is 1. The molecule has 0 aliphatic carbocycles. The lowest BCUT2D eigenvalue weighted by Crippen LogP contribution is -2.26. The van der Waals surface area contributed by atoms with Crippen molar-refractivity contribution >= 4 is 17.3 Å². The number of hydrogen-bond donors (Lipinski definition) is 2. The van der Waals surface area contributed by atoms with E-state index in [1.54, 1.807) is 19.4 Å². The summed E-state index contributed by atoms with van der Waals surface area (Å²) in [5.41, 5.74) is 4.78. The number of ether oxygens (including phenoxy) is 1. The molecule has 25 heavy (non-hydrogen) atoms. The van der Waals surface area contributed by atoms with Gasteiger partial charge in [-0.15, -0.1) is 0 Å². The van der Waals surface area contributed by atoms with E-state index in [0.717, 1.165) is 17.8 Å². The summed E-state index contributed by atoms with van der Waals surface area (Å²) in [7, 11) is 1.65. The Labute approximate surface area is 149 Å². The van der Waals surface area contributed by atoms with Crippen LogP contribution in [0, 0.1) is 6.92 Å². The van der Waals surface area contributed by atoms with E-state index in [0.29, 0.717) is 24.8 Å². The van der Waals surface area contributed by atoms with E-state index >= 15 is 0 Å². The summed E-state index contributed by atoms with van der Waals surface area (Å²) in [4.78, 5) is 16.4. The molecule has 0 aliphatic heterocycles. The number of nitrogens with one attached hydrogen (secondary N) is 2. The summed E-state index contributed by atoms with van der Waals surface area (Å²) in [5, 5.41) is 6.31. The monoisotopic (exact) mass is 341 g/mol. The fourth-order valence-electron chi connectivity index (χ4n) is 2.63. The van der Waals surface area contributed by atoms with Gasteiger partial charge in [0.25, 0.3) is 5.91 Å². The molecule has 0 aliphatic rings. The number of para-hydroxylation sites is 1. The van der Waals surface area contributed by atoms with Gasteiger partial charge >= 0.3 is 0 Å². The van der Waals surface area contributed by atoms with Crippen molar-refractivity contribution in [1.82, 2.24) is 10.3 Å². The average Bonchev–Trinajstić information content (AvgIpc) is 2.60. The molecule has 2 aromatic rings. The third kappa shape index (κ3) is 5.29. The number of amides is 1. The van der Waals surface area contributed by atoms with Crippen molar-refractivity contribution in [3.05, 3.63) is 53.3 Å². The summed E-state index contributed by atoms with van der Waals surface area (Å²) in [6.45, 7) is 7.62. The van der Waals surface area contributed by atoms with E-state index in [1.165, 1.54) is 11.1 Å². The number of aromatic nitrogens is 1. The van der Waals surface area contributed by atoms with Crippen LogP contribution in [-0.4, -0.2) is 31.2 Å². The number of carbonyl (C=O) groups is 1. The molecular weight excluding hydrogens is 314 g/mol. The molecular formula is C20H27N3O2. The quantitative estimate of drug-likeness (QED) is 0.712. The second kappa shape index (κ2) is 9.18. The fraction of sp³-hybridized carbons (Fsp3) is 0.400. The Bertz CT molecular complexity index is 714. The number of hydrogen-bond acceptors (Lipinski definition) is 4. The number of carbonyl (C=O) groups excluding carboxylic acids is 1. The highest BCUT2D eigenvalue weighted by Crippen LogP contribution is 2.30. The van der Waals surface area contributed by atoms with Gasteiger partial charge < -0.3 is 15.4 Å². The van der Waals surface area contributed by atoms with Gasteiger partial charge in [0, 0.05) is 37.8 Å². The predicted molar refractivity (Wildman–Crippen MR) is 102 cm³/mol. The van der Waals surface area contributed by atoms with Crippen LogP contribution in [0.1, 0.15) is 47.8 Å². The summed E-state index contributed by atoms with van der Waals surface area (Å²) >= 11 is 0. The second-order valence-corrected chi connectivity index (χ2v) is 6.35. The van der Waals surface area contributed by atoms with Crippen LogP contribution in [-0.2, 0) is 4.74 Å². The third-order valence-electron chi connectivity index (χ3n) is 4.00. The van der Waals surface area contributed by atoms with Crippen molar-refractivity contribution < 1.29 is 9.53 Å². The van der Waals surface area contributed by atoms with E-state index in [4.69, 9.17) is 4.74 Å². The van der Waals surface area contributed by atoms with Crippen LogP contribution < -0.4 is 10.6 Å². The lowest BCUT2D eigenvalue weighted by atomic mass is 9.98. The van der Waals surface area contributed by atoms with E-state index in [-0.39, 0.29) is 5.91 Å². The molecule has 0 radical (unpaired) electrons. The summed E-state index contributed by atoms with van der Waals surface area (Å²) in [6, 6.07) is 9.94. The second-order valence-electron chi connectivity index (χ2n) is 6.35. The number of aryl methyl sites for hydroxylation is 1. The first-order chi connectivity index (χ1) is 12.0. The number of rotatable bonds is 8. The summed E-state index contributed by atoms with van der Waals surface area (Å²) in [5.74, 6) is 0.237. The van der Waals surface area contributed by atoms with Crippen LogP contribution in [0.15, 0.2) is 36.5 Å². The minimum Gasteiger partial charge on any atom is -0.385 e. The first kappa shape index (κ1) is 18.9. The minimum absolute atomic E-state index is 0.173. The molecule has 1 aromatic heterocycles. The lowest BCUT2D eigenvalue weighted by molar-refractivity contribution is 0.0943. The van der Waals surface area contributed by atoms with E-state index in [9.17, 15) is 4.79 Å². The van der Waals surface area contributed by atoms with Crippen molar-refractivity contribution in [2.75, 3.05) is 25.6 Å². The SMILES string of the molecule is COCCCNC(=O)c1cc(Nc2c(C)cccc2C(C)C)ccn1. The largest absolute Gasteiger partial charge is 0.385 e. The fourth-order valence-corrected chi connectivity index (χ4v) is 2.63. The van der Waals surface area contributed by atoms with Gasteiger partial charge in [0.1, 0.15) is 5.69 Å². The lowest BCUT2D eigenvalue weighted by Gasteiger charge is -2.17. The molecule has 0 bridgehead atoms. The Balaban J connectivity index is 2.13. The zero-order chi connectivity index (χ0) is 18.2. The number of nitrogens with zero attached hydrogens (tertiary/aromatic N) is 1. The van der Waals surface area contributed by atoms with Crippen LogP contribution in [0.4, 0.5) is 11.4 Å². The van der Waals surface area contributed by atoms with Gasteiger partial charge in [0.05, 0.1) is 0 Å². The maximum absolute atomic E-state index is 12.2. The standard InChI is InChI=1S/C20H27N3O2/c1-14(2)17-8-5-7-15(3)19(17)23-16-9-11-21-18(13-16)20(24)22-10-6-12-25-4/h5,7-9,11,13-14H,6,10,12H2,1-4H3,(H,21,23)(H,22,24). The molecule has 0 atom stereocenters. The van der Waals surface area contributed by atoms with Gasteiger partial charge in [0.2, 0.25) is 0 Å². The highest BCUT2D eigenvalue weighted by atomic mass is 16.5. The van der Waals surface area contributed by atoms with Gasteiger partial charge in [-0.3, -0.25) is 9.78 Å². The molecule has 134 valence electrons. The Morgan fingerprint density at radius 2 is 2.08 bits per heavy atom. The average molecular weight is 341 g/mol. The van der Waals surface area contributed by atoms with Gasteiger partial charge in [-0.2, -0.15) is 0 Å².